The lowest BCUT2D eigenvalue weighted by molar-refractivity contribution is 0.102. The minimum atomic E-state index is -0.209. The van der Waals surface area contributed by atoms with E-state index < -0.39 is 0 Å². The van der Waals surface area contributed by atoms with Gasteiger partial charge in [0, 0.05) is 25.3 Å². The largest absolute Gasteiger partial charge is 0.378 e. The minimum absolute atomic E-state index is 0.209. The number of benzene rings is 1. The van der Waals surface area contributed by atoms with Crippen molar-refractivity contribution in [1.82, 2.24) is 15.2 Å². The Balaban J connectivity index is 2.03. The highest BCUT2D eigenvalue weighted by Crippen LogP contribution is 2.15. The summed E-state index contributed by atoms with van der Waals surface area (Å²) in [4.78, 5) is 18.2. The third-order valence-corrected chi connectivity index (χ3v) is 3.35. The van der Waals surface area contributed by atoms with E-state index in [-0.39, 0.29) is 5.91 Å². The predicted octanol–water partition coefficient (Wildman–Crippen LogP) is 2.23. The van der Waals surface area contributed by atoms with Gasteiger partial charge in [0.25, 0.3) is 5.91 Å². The van der Waals surface area contributed by atoms with E-state index in [0.717, 1.165) is 11.4 Å². The zero-order valence-corrected chi connectivity index (χ0v) is 12.5. The van der Waals surface area contributed by atoms with Crippen LogP contribution < -0.4 is 10.2 Å². The fourth-order valence-corrected chi connectivity index (χ4v) is 2.11. The normalized spacial score (nSPS) is 10.3. The number of rotatable bonds is 5. The van der Waals surface area contributed by atoms with Crippen molar-refractivity contribution in [2.24, 2.45) is 0 Å². The molecule has 0 aliphatic rings. The molecule has 0 fully saturated rings. The molecule has 0 radical (unpaired) electrons. The van der Waals surface area contributed by atoms with Crippen molar-refractivity contribution in [2.75, 3.05) is 30.1 Å². The molecule has 0 aliphatic heterocycles. The van der Waals surface area contributed by atoms with Crippen LogP contribution >= 0.6 is 11.8 Å². The second-order valence-corrected chi connectivity index (χ2v) is 5.53. The molecule has 2 N–H and O–H groups in total. The number of hydrogen-bond acceptors (Lipinski definition) is 5. The molecule has 2 rings (SSSR count). The summed E-state index contributed by atoms with van der Waals surface area (Å²) in [5.41, 5.74) is 1.62. The van der Waals surface area contributed by atoms with Crippen molar-refractivity contribution in [3.8, 4) is 0 Å². The molecule has 0 saturated heterocycles. The van der Waals surface area contributed by atoms with E-state index in [1.54, 1.807) is 12.1 Å². The third kappa shape index (κ3) is 3.51. The lowest BCUT2D eigenvalue weighted by Crippen LogP contribution is -2.14. The molecule has 0 unspecified atom stereocenters. The molecule has 0 saturated carbocycles. The zero-order valence-electron chi connectivity index (χ0n) is 11.7. The summed E-state index contributed by atoms with van der Waals surface area (Å²) in [5.74, 6) is 1.04. The first-order chi connectivity index (χ1) is 9.60. The monoisotopic (exact) mass is 291 g/mol. The molecule has 1 amide bonds. The fourth-order valence-electron chi connectivity index (χ4n) is 1.59. The quantitative estimate of drug-likeness (QED) is 0.826. The van der Waals surface area contributed by atoms with Crippen LogP contribution in [0.3, 0.4) is 0 Å². The van der Waals surface area contributed by atoms with Crippen LogP contribution in [0.1, 0.15) is 17.3 Å². The molecule has 1 aromatic carbocycles. The molecule has 0 bridgehead atoms. The van der Waals surface area contributed by atoms with Crippen LogP contribution in [0.5, 0.6) is 0 Å². The second kappa shape index (κ2) is 6.42. The number of carbonyl (C=O) groups excluding carboxylic acids is 1. The summed E-state index contributed by atoms with van der Waals surface area (Å²) < 4.78 is 0. The molecule has 20 heavy (non-hydrogen) atoms. The number of thioether (sulfide) groups is 1. The maximum atomic E-state index is 12.0. The van der Waals surface area contributed by atoms with Gasteiger partial charge in [-0.3, -0.25) is 10.1 Å². The first-order valence-electron chi connectivity index (χ1n) is 6.24. The van der Waals surface area contributed by atoms with Gasteiger partial charge in [-0.1, -0.05) is 18.7 Å². The first-order valence-corrected chi connectivity index (χ1v) is 7.22. The molecule has 1 aromatic heterocycles. The van der Waals surface area contributed by atoms with E-state index in [2.05, 4.69) is 20.5 Å². The van der Waals surface area contributed by atoms with Crippen LogP contribution in [-0.4, -0.2) is 40.9 Å². The Morgan fingerprint density at radius 1 is 1.35 bits per heavy atom. The van der Waals surface area contributed by atoms with E-state index in [9.17, 15) is 4.79 Å². The van der Waals surface area contributed by atoms with Gasteiger partial charge >= 0.3 is 0 Å². The number of amides is 1. The topological polar surface area (TPSA) is 73.9 Å². The maximum Gasteiger partial charge on any atom is 0.258 e. The van der Waals surface area contributed by atoms with Gasteiger partial charge in [0.1, 0.15) is 0 Å². The number of nitrogens with one attached hydrogen (secondary N) is 2. The van der Waals surface area contributed by atoms with Gasteiger partial charge < -0.3 is 4.90 Å². The molecule has 6 nitrogen and oxygen atoms in total. The Morgan fingerprint density at radius 3 is 2.65 bits per heavy atom. The van der Waals surface area contributed by atoms with Crippen LogP contribution in [0.2, 0.25) is 0 Å². The molecule has 0 atom stereocenters. The minimum Gasteiger partial charge on any atom is -0.378 e. The van der Waals surface area contributed by atoms with E-state index in [4.69, 9.17) is 0 Å². The number of aromatic amines is 1. The van der Waals surface area contributed by atoms with E-state index in [1.807, 2.05) is 38.1 Å². The average Bonchev–Trinajstić information content (AvgIpc) is 2.86. The standard InChI is InChI=1S/C13H17N5OS/c1-4-20-13-15-12(16-17-13)14-11(19)9-5-7-10(8-6-9)18(2)3/h5-8H,4H2,1-3H3,(H2,14,15,16,17,19). The summed E-state index contributed by atoms with van der Waals surface area (Å²) in [6, 6.07) is 7.35. The number of nitrogens with zero attached hydrogens (tertiary/aromatic N) is 3. The van der Waals surface area contributed by atoms with Crippen molar-refractivity contribution < 1.29 is 4.79 Å². The highest BCUT2D eigenvalue weighted by Gasteiger charge is 2.09. The number of H-pyrrole nitrogens is 1. The summed E-state index contributed by atoms with van der Waals surface area (Å²) in [6.45, 7) is 2.02. The van der Waals surface area contributed by atoms with Gasteiger partial charge in [-0.2, -0.15) is 4.98 Å². The molecular formula is C13H17N5OS. The van der Waals surface area contributed by atoms with Crippen LogP contribution in [-0.2, 0) is 0 Å². The zero-order chi connectivity index (χ0) is 14.5. The average molecular weight is 291 g/mol. The van der Waals surface area contributed by atoms with Crippen molar-refractivity contribution in [1.29, 1.82) is 0 Å². The van der Waals surface area contributed by atoms with Crippen molar-refractivity contribution in [2.45, 2.75) is 12.1 Å². The lowest BCUT2D eigenvalue weighted by atomic mass is 10.2. The van der Waals surface area contributed by atoms with Crippen molar-refractivity contribution >= 4 is 29.3 Å². The Bertz CT molecular complexity index is 579. The van der Waals surface area contributed by atoms with Crippen LogP contribution in [0.4, 0.5) is 11.6 Å². The van der Waals surface area contributed by atoms with Crippen LogP contribution in [0, 0.1) is 0 Å². The summed E-state index contributed by atoms with van der Waals surface area (Å²) in [7, 11) is 3.91. The Kier molecular flexibility index (Phi) is 4.62. The van der Waals surface area contributed by atoms with Gasteiger partial charge in [-0.05, 0) is 30.0 Å². The van der Waals surface area contributed by atoms with E-state index >= 15 is 0 Å². The summed E-state index contributed by atoms with van der Waals surface area (Å²) in [6.07, 6.45) is 0. The Hall–Kier alpha value is -2.02. The van der Waals surface area contributed by atoms with Crippen LogP contribution in [0.15, 0.2) is 29.4 Å². The SMILES string of the molecule is CCSc1n[nH]c(NC(=O)c2ccc(N(C)C)cc2)n1. The fraction of sp³-hybridized carbons (Fsp3) is 0.308. The molecule has 0 spiro atoms. The first kappa shape index (κ1) is 14.4. The molecule has 106 valence electrons. The molecule has 2 aromatic rings. The molecular weight excluding hydrogens is 274 g/mol. The maximum absolute atomic E-state index is 12.0. The summed E-state index contributed by atoms with van der Waals surface area (Å²) in [5, 5.41) is 10.0. The van der Waals surface area contributed by atoms with Crippen LogP contribution in [0.25, 0.3) is 0 Å². The summed E-state index contributed by atoms with van der Waals surface area (Å²) >= 11 is 1.51. The molecule has 7 heteroatoms. The highest BCUT2D eigenvalue weighted by molar-refractivity contribution is 7.99. The van der Waals surface area contributed by atoms with Crippen molar-refractivity contribution in [3.63, 3.8) is 0 Å². The Morgan fingerprint density at radius 2 is 2.05 bits per heavy atom. The van der Waals surface area contributed by atoms with E-state index in [1.165, 1.54) is 11.8 Å². The Labute approximate surface area is 122 Å². The lowest BCUT2D eigenvalue weighted by Gasteiger charge is -2.12. The van der Waals surface area contributed by atoms with Gasteiger partial charge in [-0.15, -0.1) is 5.10 Å². The van der Waals surface area contributed by atoms with E-state index in [0.29, 0.717) is 16.7 Å². The highest BCUT2D eigenvalue weighted by atomic mass is 32.2. The smallest absolute Gasteiger partial charge is 0.258 e. The van der Waals surface area contributed by atoms with Gasteiger partial charge in [0.2, 0.25) is 11.1 Å². The van der Waals surface area contributed by atoms with Crippen molar-refractivity contribution in [3.05, 3.63) is 29.8 Å². The number of carbonyl (C=O) groups is 1. The second-order valence-electron chi connectivity index (χ2n) is 4.30. The number of anilines is 2. The number of aromatic nitrogens is 3. The number of hydrogen-bond donors (Lipinski definition) is 2. The molecule has 1 heterocycles. The van der Waals surface area contributed by atoms with Gasteiger partial charge in [-0.25, -0.2) is 5.10 Å². The predicted molar refractivity (Wildman–Crippen MR) is 81.5 cm³/mol. The van der Waals surface area contributed by atoms with Gasteiger partial charge in [0.15, 0.2) is 0 Å². The molecule has 0 aliphatic carbocycles. The third-order valence-electron chi connectivity index (χ3n) is 2.62. The van der Waals surface area contributed by atoms with Gasteiger partial charge in [0.05, 0.1) is 0 Å².